The highest BCUT2D eigenvalue weighted by molar-refractivity contribution is 7.15. The molecule has 8 heteroatoms. The molecule has 0 aliphatic rings. The van der Waals surface area contributed by atoms with Crippen molar-refractivity contribution in [2.45, 2.75) is 6.42 Å². The SMILES string of the molecule is O=C(O)Cc1nnc(NC(=O)CCl)s1. The highest BCUT2D eigenvalue weighted by atomic mass is 35.5. The summed E-state index contributed by atoms with van der Waals surface area (Å²) < 4.78 is 0. The van der Waals surface area contributed by atoms with Gasteiger partial charge in [-0.2, -0.15) is 0 Å². The Balaban J connectivity index is 2.59. The summed E-state index contributed by atoms with van der Waals surface area (Å²) in [5.74, 6) is -1.56. The molecular weight excluding hydrogens is 230 g/mol. The summed E-state index contributed by atoms with van der Waals surface area (Å²) in [5.41, 5.74) is 0. The Hall–Kier alpha value is -1.21. The molecular formula is C6H6ClN3O3S. The molecule has 1 amide bonds. The monoisotopic (exact) mass is 235 g/mol. The fourth-order valence-electron chi connectivity index (χ4n) is 0.658. The number of carboxylic acid groups (broad SMARTS) is 1. The van der Waals surface area contributed by atoms with Gasteiger partial charge in [-0.05, 0) is 0 Å². The van der Waals surface area contributed by atoms with Gasteiger partial charge in [-0.1, -0.05) is 11.3 Å². The first kappa shape index (κ1) is 10.9. The number of hydrogen-bond donors (Lipinski definition) is 2. The van der Waals surface area contributed by atoms with E-state index in [-0.39, 0.29) is 17.4 Å². The van der Waals surface area contributed by atoms with E-state index in [2.05, 4.69) is 15.5 Å². The van der Waals surface area contributed by atoms with Gasteiger partial charge in [-0.25, -0.2) is 0 Å². The van der Waals surface area contributed by atoms with Crippen molar-refractivity contribution in [2.75, 3.05) is 11.2 Å². The summed E-state index contributed by atoms with van der Waals surface area (Å²) >= 11 is 6.25. The maximum atomic E-state index is 10.8. The lowest BCUT2D eigenvalue weighted by atomic mass is 10.5. The quantitative estimate of drug-likeness (QED) is 0.735. The predicted molar refractivity (Wildman–Crippen MR) is 50.6 cm³/mol. The molecule has 0 bridgehead atoms. The molecule has 6 nitrogen and oxygen atoms in total. The first-order valence-electron chi connectivity index (χ1n) is 3.52. The second kappa shape index (κ2) is 4.87. The third-order valence-electron chi connectivity index (χ3n) is 1.14. The number of carbonyl (C=O) groups excluding carboxylic acids is 1. The van der Waals surface area contributed by atoms with E-state index < -0.39 is 11.9 Å². The molecule has 0 unspecified atom stereocenters. The van der Waals surface area contributed by atoms with E-state index in [0.717, 1.165) is 11.3 Å². The Morgan fingerprint density at radius 1 is 1.50 bits per heavy atom. The van der Waals surface area contributed by atoms with Crippen LogP contribution in [0.4, 0.5) is 5.13 Å². The standard InChI is InChI=1S/C6H6ClN3O3S/c7-2-3(11)8-6-10-9-4(14-6)1-5(12)13/h1-2H2,(H,12,13)(H,8,10,11). The summed E-state index contributed by atoms with van der Waals surface area (Å²) in [6.45, 7) is 0. The van der Waals surface area contributed by atoms with E-state index >= 15 is 0 Å². The second-order valence-electron chi connectivity index (χ2n) is 2.25. The number of alkyl halides is 1. The molecule has 0 aromatic carbocycles. The van der Waals surface area contributed by atoms with Gasteiger partial charge in [0, 0.05) is 0 Å². The normalized spacial score (nSPS) is 9.79. The van der Waals surface area contributed by atoms with Gasteiger partial charge in [0.05, 0.1) is 6.42 Å². The molecule has 0 aliphatic carbocycles. The number of carbonyl (C=O) groups is 2. The molecule has 0 saturated carbocycles. The number of nitrogens with zero attached hydrogens (tertiary/aromatic N) is 2. The fraction of sp³-hybridized carbons (Fsp3) is 0.333. The summed E-state index contributed by atoms with van der Waals surface area (Å²) in [5, 5.41) is 18.5. The summed E-state index contributed by atoms with van der Waals surface area (Å²) in [6, 6.07) is 0. The summed E-state index contributed by atoms with van der Waals surface area (Å²) in [4.78, 5) is 21.1. The molecule has 2 N–H and O–H groups in total. The van der Waals surface area contributed by atoms with Crippen molar-refractivity contribution in [3.05, 3.63) is 5.01 Å². The van der Waals surface area contributed by atoms with Gasteiger partial charge in [0.25, 0.3) is 0 Å². The molecule has 1 aromatic heterocycles. The highest BCUT2D eigenvalue weighted by Gasteiger charge is 2.09. The zero-order valence-corrected chi connectivity index (χ0v) is 8.43. The van der Waals surface area contributed by atoms with Crippen LogP contribution >= 0.6 is 22.9 Å². The minimum atomic E-state index is -0.989. The lowest BCUT2D eigenvalue weighted by Gasteiger charge is -1.93. The van der Waals surface area contributed by atoms with Crippen LogP contribution in [0.1, 0.15) is 5.01 Å². The van der Waals surface area contributed by atoms with E-state index in [1.807, 2.05) is 0 Å². The molecule has 0 radical (unpaired) electrons. The zero-order chi connectivity index (χ0) is 10.6. The number of nitrogens with one attached hydrogen (secondary N) is 1. The van der Waals surface area contributed by atoms with Crippen LogP contribution in [-0.4, -0.2) is 33.1 Å². The number of halogens is 1. The third kappa shape index (κ3) is 3.27. The molecule has 1 rings (SSSR count). The highest BCUT2D eigenvalue weighted by Crippen LogP contribution is 2.15. The van der Waals surface area contributed by atoms with Gasteiger partial charge in [0.2, 0.25) is 11.0 Å². The Labute approximate surface area is 87.9 Å². The first-order chi connectivity index (χ1) is 6.61. The first-order valence-corrected chi connectivity index (χ1v) is 4.87. The number of amides is 1. The molecule has 0 spiro atoms. The van der Waals surface area contributed by atoms with Gasteiger partial charge in [0.15, 0.2) is 0 Å². The van der Waals surface area contributed by atoms with Crippen molar-refractivity contribution < 1.29 is 14.7 Å². The van der Waals surface area contributed by atoms with Crippen LogP contribution < -0.4 is 5.32 Å². The van der Waals surface area contributed by atoms with Crippen molar-refractivity contribution in [3.63, 3.8) is 0 Å². The molecule has 14 heavy (non-hydrogen) atoms. The zero-order valence-electron chi connectivity index (χ0n) is 6.86. The van der Waals surface area contributed by atoms with E-state index in [9.17, 15) is 9.59 Å². The average Bonchev–Trinajstić information content (AvgIpc) is 2.51. The summed E-state index contributed by atoms with van der Waals surface area (Å²) in [7, 11) is 0. The minimum absolute atomic E-state index is 0.173. The number of aliphatic carboxylic acids is 1. The van der Waals surface area contributed by atoms with Crippen molar-refractivity contribution in [1.29, 1.82) is 0 Å². The van der Waals surface area contributed by atoms with Crippen molar-refractivity contribution in [3.8, 4) is 0 Å². The van der Waals surface area contributed by atoms with Crippen molar-refractivity contribution >= 4 is 39.9 Å². The van der Waals surface area contributed by atoms with Crippen LogP contribution in [0.2, 0.25) is 0 Å². The van der Waals surface area contributed by atoms with E-state index in [0.29, 0.717) is 5.01 Å². The maximum absolute atomic E-state index is 10.8. The molecule has 0 aliphatic heterocycles. The Kier molecular flexibility index (Phi) is 3.78. The number of aromatic nitrogens is 2. The molecule has 1 aromatic rings. The lowest BCUT2D eigenvalue weighted by molar-refractivity contribution is -0.136. The van der Waals surface area contributed by atoms with Gasteiger partial charge in [-0.15, -0.1) is 21.8 Å². The second-order valence-corrected chi connectivity index (χ2v) is 3.58. The number of rotatable bonds is 4. The molecule has 1 heterocycles. The smallest absolute Gasteiger partial charge is 0.310 e. The van der Waals surface area contributed by atoms with Gasteiger partial charge >= 0.3 is 5.97 Å². The molecule has 0 fully saturated rings. The van der Waals surface area contributed by atoms with Crippen molar-refractivity contribution in [1.82, 2.24) is 10.2 Å². The Morgan fingerprint density at radius 3 is 2.79 bits per heavy atom. The van der Waals surface area contributed by atoms with E-state index in [4.69, 9.17) is 16.7 Å². The molecule has 76 valence electrons. The van der Waals surface area contributed by atoms with Crippen LogP contribution in [0.15, 0.2) is 0 Å². The minimum Gasteiger partial charge on any atom is -0.481 e. The van der Waals surface area contributed by atoms with Crippen LogP contribution in [-0.2, 0) is 16.0 Å². The van der Waals surface area contributed by atoms with Crippen LogP contribution in [0.3, 0.4) is 0 Å². The molecule has 0 saturated heterocycles. The number of carboxylic acids is 1. The Bertz CT molecular complexity index is 354. The third-order valence-corrected chi connectivity index (χ3v) is 2.22. The number of anilines is 1. The predicted octanol–water partition coefficient (Wildman–Crippen LogP) is 0.342. The van der Waals surface area contributed by atoms with Crippen LogP contribution in [0.25, 0.3) is 0 Å². The van der Waals surface area contributed by atoms with E-state index in [1.165, 1.54) is 0 Å². The van der Waals surface area contributed by atoms with Crippen molar-refractivity contribution in [2.24, 2.45) is 0 Å². The van der Waals surface area contributed by atoms with Crippen LogP contribution in [0.5, 0.6) is 0 Å². The largest absolute Gasteiger partial charge is 0.481 e. The lowest BCUT2D eigenvalue weighted by Crippen LogP contribution is -2.12. The van der Waals surface area contributed by atoms with Gasteiger partial charge in [0.1, 0.15) is 10.9 Å². The fourth-order valence-corrected chi connectivity index (χ4v) is 1.47. The summed E-state index contributed by atoms with van der Waals surface area (Å²) in [6.07, 6.45) is -0.200. The number of hydrogen-bond acceptors (Lipinski definition) is 5. The van der Waals surface area contributed by atoms with Crippen LogP contribution in [0, 0.1) is 0 Å². The average molecular weight is 236 g/mol. The Morgan fingerprint density at radius 2 is 2.21 bits per heavy atom. The van der Waals surface area contributed by atoms with Gasteiger partial charge in [-0.3, -0.25) is 14.9 Å². The molecule has 0 atom stereocenters. The maximum Gasteiger partial charge on any atom is 0.310 e. The van der Waals surface area contributed by atoms with E-state index in [1.54, 1.807) is 0 Å². The van der Waals surface area contributed by atoms with Gasteiger partial charge < -0.3 is 5.11 Å². The topological polar surface area (TPSA) is 92.2 Å².